The first kappa shape index (κ1) is 12.0. The van der Waals surface area contributed by atoms with Crippen molar-refractivity contribution >= 4 is 11.6 Å². The van der Waals surface area contributed by atoms with E-state index in [1.54, 1.807) is 12.1 Å². The standard InChI is InChI=1S/C12H12N4O2/c13-7-8-1-3-9(4-2-8)14-12(18)10-5-6-11(17)16-15-10/h1-6H,7,13H2,(H,14,18)(H,16,17). The molecule has 2 aromatic rings. The van der Waals surface area contributed by atoms with E-state index in [1.165, 1.54) is 12.1 Å². The highest BCUT2D eigenvalue weighted by molar-refractivity contribution is 6.02. The van der Waals surface area contributed by atoms with Crippen molar-refractivity contribution < 1.29 is 4.79 Å². The number of nitrogens with zero attached hydrogens (tertiary/aromatic N) is 1. The van der Waals surface area contributed by atoms with Crippen LogP contribution in [0.2, 0.25) is 0 Å². The third-order valence-electron chi connectivity index (χ3n) is 2.36. The lowest BCUT2D eigenvalue weighted by Gasteiger charge is -2.04. The van der Waals surface area contributed by atoms with Gasteiger partial charge in [-0.1, -0.05) is 12.1 Å². The minimum atomic E-state index is -0.383. The predicted octanol–water partition coefficient (Wildman–Crippen LogP) is 0.481. The van der Waals surface area contributed by atoms with E-state index in [2.05, 4.69) is 15.5 Å². The molecule has 1 heterocycles. The Kier molecular flexibility index (Phi) is 3.49. The lowest BCUT2D eigenvalue weighted by molar-refractivity contribution is 0.102. The van der Waals surface area contributed by atoms with E-state index in [0.717, 1.165) is 5.56 Å². The third kappa shape index (κ3) is 2.80. The fraction of sp³-hybridized carbons (Fsp3) is 0.0833. The number of anilines is 1. The van der Waals surface area contributed by atoms with Gasteiger partial charge in [-0.2, -0.15) is 5.10 Å². The number of carbonyl (C=O) groups is 1. The van der Waals surface area contributed by atoms with Gasteiger partial charge in [0.2, 0.25) is 0 Å². The van der Waals surface area contributed by atoms with E-state index in [9.17, 15) is 9.59 Å². The lowest BCUT2D eigenvalue weighted by Crippen LogP contribution is -2.17. The van der Waals surface area contributed by atoms with Crippen LogP contribution < -0.4 is 16.6 Å². The quantitative estimate of drug-likeness (QED) is 0.731. The maximum Gasteiger partial charge on any atom is 0.276 e. The zero-order chi connectivity index (χ0) is 13.0. The molecule has 4 N–H and O–H groups in total. The van der Waals surface area contributed by atoms with Crippen LogP contribution in [0.15, 0.2) is 41.2 Å². The SMILES string of the molecule is NCc1ccc(NC(=O)c2ccc(=O)[nH]n2)cc1. The van der Waals surface area contributed by atoms with Gasteiger partial charge in [0.1, 0.15) is 5.69 Å². The number of hydrogen-bond donors (Lipinski definition) is 3. The molecule has 1 amide bonds. The van der Waals surface area contributed by atoms with Crippen molar-refractivity contribution in [2.75, 3.05) is 5.32 Å². The molecule has 0 aliphatic heterocycles. The number of carbonyl (C=O) groups excluding carboxylic acids is 1. The van der Waals surface area contributed by atoms with Crippen molar-refractivity contribution in [3.63, 3.8) is 0 Å². The number of amides is 1. The Morgan fingerprint density at radius 2 is 1.94 bits per heavy atom. The summed E-state index contributed by atoms with van der Waals surface area (Å²) in [7, 11) is 0. The van der Waals surface area contributed by atoms with Gasteiger partial charge in [-0.05, 0) is 23.8 Å². The molecule has 0 unspecified atom stereocenters. The molecule has 0 atom stereocenters. The van der Waals surface area contributed by atoms with Gasteiger partial charge in [0, 0.05) is 18.3 Å². The second kappa shape index (κ2) is 5.24. The molecule has 0 saturated heterocycles. The normalized spacial score (nSPS) is 10.1. The lowest BCUT2D eigenvalue weighted by atomic mass is 10.2. The van der Waals surface area contributed by atoms with Gasteiger partial charge < -0.3 is 11.1 Å². The minimum Gasteiger partial charge on any atom is -0.326 e. The fourth-order valence-electron chi connectivity index (χ4n) is 1.39. The second-order valence-corrected chi connectivity index (χ2v) is 3.66. The molecule has 0 radical (unpaired) electrons. The number of benzene rings is 1. The molecule has 2 rings (SSSR count). The Morgan fingerprint density at radius 3 is 2.50 bits per heavy atom. The summed E-state index contributed by atoms with van der Waals surface area (Å²) < 4.78 is 0. The Balaban J connectivity index is 2.10. The summed E-state index contributed by atoms with van der Waals surface area (Å²) in [5, 5.41) is 8.51. The average molecular weight is 244 g/mol. The summed E-state index contributed by atoms with van der Waals surface area (Å²) in [6.45, 7) is 0.454. The van der Waals surface area contributed by atoms with Crippen LogP contribution in [-0.2, 0) is 6.54 Å². The van der Waals surface area contributed by atoms with E-state index in [-0.39, 0.29) is 17.2 Å². The topological polar surface area (TPSA) is 101 Å². The number of rotatable bonds is 3. The van der Waals surface area contributed by atoms with Crippen molar-refractivity contribution in [3.8, 4) is 0 Å². The Morgan fingerprint density at radius 1 is 1.22 bits per heavy atom. The average Bonchev–Trinajstić information content (AvgIpc) is 2.40. The molecule has 1 aromatic carbocycles. The zero-order valence-electron chi connectivity index (χ0n) is 9.51. The molecule has 0 fully saturated rings. The monoisotopic (exact) mass is 244 g/mol. The molecule has 6 heteroatoms. The minimum absolute atomic E-state index is 0.150. The first-order valence-corrected chi connectivity index (χ1v) is 5.35. The molecule has 0 aliphatic carbocycles. The van der Waals surface area contributed by atoms with Gasteiger partial charge in [0.05, 0.1) is 0 Å². The zero-order valence-corrected chi connectivity index (χ0v) is 9.51. The van der Waals surface area contributed by atoms with Crippen molar-refractivity contribution in [1.29, 1.82) is 0 Å². The van der Waals surface area contributed by atoms with Crippen molar-refractivity contribution in [1.82, 2.24) is 10.2 Å². The molecule has 0 spiro atoms. The van der Waals surface area contributed by atoms with Crippen LogP contribution in [0.5, 0.6) is 0 Å². The van der Waals surface area contributed by atoms with Crippen molar-refractivity contribution in [3.05, 3.63) is 58.0 Å². The largest absolute Gasteiger partial charge is 0.326 e. The number of aromatic amines is 1. The number of hydrogen-bond acceptors (Lipinski definition) is 4. The van der Waals surface area contributed by atoms with E-state index < -0.39 is 0 Å². The number of nitrogens with one attached hydrogen (secondary N) is 2. The Labute approximate surface area is 103 Å². The third-order valence-corrected chi connectivity index (χ3v) is 2.36. The molecule has 92 valence electrons. The predicted molar refractivity (Wildman–Crippen MR) is 67.1 cm³/mol. The van der Waals surface area contributed by atoms with Gasteiger partial charge in [-0.3, -0.25) is 9.59 Å². The number of H-pyrrole nitrogens is 1. The van der Waals surface area contributed by atoms with E-state index in [0.29, 0.717) is 12.2 Å². The molecular formula is C12H12N4O2. The highest BCUT2D eigenvalue weighted by Crippen LogP contribution is 2.09. The number of nitrogens with two attached hydrogens (primary N) is 1. The number of aromatic nitrogens is 2. The summed E-state index contributed by atoms with van der Waals surface area (Å²) in [5.41, 5.74) is 6.90. The van der Waals surface area contributed by atoms with Crippen LogP contribution in [0.4, 0.5) is 5.69 Å². The van der Waals surface area contributed by atoms with Gasteiger partial charge in [0.15, 0.2) is 0 Å². The molecule has 1 aromatic heterocycles. The van der Waals surface area contributed by atoms with Crippen LogP contribution in [-0.4, -0.2) is 16.1 Å². The van der Waals surface area contributed by atoms with Gasteiger partial charge >= 0.3 is 0 Å². The van der Waals surface area contributed by atoms with Gasteiger partial charge in [0.25, 0.3) is 11.5 Å². The molecule has 0 bridgehead atoms. The summed E-state index contributed by atoms with van der Waals surface area (Å²) in [6, 6.07) is 9.78. The molecule has 18 heavy (non-hydrogen) atoms. The molecule has 0 saturated carbocycles. The van der Waals surface area contributed by atoms with E-state index >= 15 is 0 Å². The summed E-state index contributed by atoms with van der Waals surface area (Å²) in [4.78, 5) is 22.6. The van der Waals surface area contributed by atoms with E-state index in [1.807, 2.05) is 12.1 Å². The smallest absolute Gasteiger partial charge is 0.276 e. The first-order chi connectivity index (χ1) is 8.69. The molecule has 6 nitrogen and oxygen atoms in total. The molecular weight excluding hydrogens is 232 g/mol. The summed E-state index contributed by atoms with van der Waals surface area (Å²) in [6.07, 6.45) is 0. The highest BCUT2D eigenvalue weighted by atomic mass is 16.2. The van der Waals surface area contributed by atoms with Crippen LogP contribution in [0.1, 0.15) is 16.1 Å². The summed E-state index contributed by atoms with van der Waals surface area (Å²) in [5.74, 6) is -0.383. The van der Waals surface area contributed by atoms with Crippen molar-refractivity contribution in [2.24, 2.45) is 5.73 Å². The maximum atomic E-state index is 11.8. The van der Waals surface area contributed by atoms with Gasteiger partial charge in [-0.15, -0.1) is 0 Å². The van der Waals surface area contributed by atoms with Crippen LogP contribution in [0.25, 0.3) is 0 Å². The van der Waals surface area contributed by atoms with Gasteiger partial charge in [-0.25, -0.2) is 5.10 Å². The van der Waals surface area contributed by atoms with Crippen LogP contribution >= 0.6 is 0 Å². The molecule has 0 aliphatic rings. The second-order valence-electron chi connectivity index (χ2n) is 3.66. The Hall–Kier alpha value is -2.47. The fourth-order valence-corrected chi connectivity index (χ4v) is 1.39. The summed E-state index contributed by atoms with van der Waals surface area (Å²) >= 11 is 0. The van der Waals surface area contributed by atoms with Crippen LogP contribution in [0, 0.1) is 0 Å². The Bertz CT molecular complexity index is 584. The highest BCUT2D eigenvalue weighted by Gasteiger charge is 2.07. The first-order valence-electron chi connectivity index (χ1n) is 5.35. The van der Waals surface area contributed by atoms with E-state index in [4.69, 9.17) is 5.73 Å². The van der Waals surface area contributed by atoms with Crippen LogP contribution in [0.3, 0.4) is 0 Å². The maximum absolute atomic E-state index is 11.8. The van der Waals surface area contributed by atoms with Crippen molar-refractivity contribution in [2.45, 2.75) is 6.54 Å².